The van der Waals surface area contributed by atoms with Crippen molar-refractivity contribution in [2.75, 3.05) is 11.5 Å². The molecule has 0 aromatic carbocycles. The van der Waals surface area contributed by atoms with Crippen LogP contribution >= 0.6 is 12.2 Å². The second-order valence-corrected chi connectivity index (χ2v) is 6.14. The lowest BCUT2D eigenvalue weighted by Gasteiger charge is -2.22. The molecule has 0 amide bonds. The molecule has 14 heavy (non-hydrogen) atoms. The SMILES string of the molecule is O=S1(=O)CCC(n2cn[nH]c2=S)CC1. The Morgan fingerprint density at radius 1 is 1.50 bits per heavy atom. The highest BCUT2D eigenvalue weighted by Crippen LogP contribution is 2.23. The van der Waals surface area contributed by atoms with E-state index in [2.05, 4.69) is 10.2 Å². The van der Waals surface area contributed by atoms with Crippen LogP contribution in [0.2, 0.25) is 0 Å². The smallest absolute Gasteiger partial charge is 0.195 e. The van der Waals surface area contributed by atoms with Crippen LogP contribution in [0, 0.1) is 4.77 Å². The van der Waals surface area contributed by atoms with Crippen LogP contribution in [-0.2, 0) is 9.84 Å². The largest absolute Gasteiger partial charge is 0.304 e. The molecule has 5 nitrogen and oxygen atoms in total. The van der Waals surface area contributed by atoms with Crippen molar-refractivity contribution in [2.45, 2.75) is 18.9 Å². The van der Waals surface area contributed by atoms with Gasteiger partial charge in [0.2, 0.25) is 0 Å². The standard InChI is InChI=1S/C7H11N3O2S2/c11-14(12)3-1-6(2-4-14)10-5-8-9-7(10)13/h5-6H,1-4H2,(H,9,13). The Bertz CT molecular complexity index is 459. The van der Waals surface area contributed by atoms with Gasteiger partial charge < -0.3 is 4.57 Å². The summed E-state index contributed by atoms with van der Waals surface area (Å²) >= 11 is 5.02. The van der Waals surface area contributed by atoms with Crippen LogP contribution < -0.4 is 0 Å². The van der Waals surface area contributed by atoms with E-state index in [1.807, 2.05) is 4.57 Å². The summed E-state index contributed by atoms with van der Waals surface area (Å²) in [5.74, 6) is 0.509. The number of hydrogen-bond acceptors (Lipinski definition) is 4. The molecule has 0 atom stereocenters. The highest BCUT2D eigenvalue weighted by Gasteiger charge is 2.24. The lowest BCUT2D eigenvalue weighted by Crippen LogP contribution is -2.25. The first-order valence-corrected chi connectivity index (χ1v) is 6.63. The lowest BCUT2D eigenvalue weighted by molar-refractivity contribution is 0.445. The Morgan fingerprint density at radius 3 is 2.64 bits per heavy atom. The molecular weight excluding hydrogens is 222 g/mol. The molecule has 1 aromatic rings. The molecular formula is C7H11N3O2S2. The summed E-state index contributed by atoms with van der Waals surface area (Å²) in [6, 6.07) is 0.185. The second kappa shape index (κ2) is 3.47. The van der Waals surface area contributed by atoms with Crippen LogP contribution in [0.5, 0.6) is 0 Å². The number of aromatic amines is 1. The van der Waals surface area contributed by atoms with Crippen LogP contribution in [0.25, 0.3) is 0 Å². The minimum absolute atomic E-state index is 0.185. The van der Waals surface area contributed by atoms with E-state index in [-0.39, 0.29) is 17.5 Å². The third kappa shape index (κ3) is 1.88. The van der Waals surface area contributed by atoms with E-state index in [1.165, 1.54) is 0 Å². The van der Waals surface area contributed by atoms with Gasteiger partial charge in [-0.15, -0.1) is 0 Å². The predicted molar refractivity (Wildman–Crippen MR) is 54.3 cm³/mol. The fourth-order valence-corrected chi connectivity index (χ4v) is 3.39. The first-order valence-electron chi connectivity index (χ1n) is 4.40. The van der Waals surface area contributed by atoms with Crippen LogP contribution in [-0.4, -0.2) is 34.7 Å². The third-order valence-electron chi connectivity index (χ3n) is 2.49. The molecule has 1 saturated heterocycles. The first kappa shape index (κ1) is 9.85. The van der Waals surface area contributed by atoms with Gasteiger partial charge in [0.1, 0.15) is 16.2 Å². The molecule has 0 bridgehead atoms. The minimum atomic E-state index is -2.80. The number of H-pyrrole nitrogens is 1. The van der Waals surface area contributed by atoms with Crippen molar-refractivity contribution in [2.24, 2.45) is 0 Å². The van der Waals surface area contributed by atoms with E-state index in [1.54, 1.807) is 6.33 Å². The highest BCUT2D eigenvalue weighted by atomic mass is 32.2. The van der Waals surface area contributed by atoms with E-state index < -0.39 is 9.84 Å². The number of hydrogen-bond donors (Lipinski definition) is 1. The van der Waals surface area contributed by atoms with Gasteiger partial charge >= 0.3 is 0 Å². The maximum absolute atomic E-state index is 11.2. The quantitative estimate of drug-likeness (QED) is 0.725. The maximum atomic E-state index is 11.2. The summed E-state index contributed by atoms with van der Waals surface area (Å²) in [7, 11) is -2.80. The maximum Gasteiger partial charge on any atom is 0.195 e. The van der Waals surface area contributed by atoms with Gasteiger partial charge in [0.25, 0.3) is 0 Å². The summed E-state index contributed by atoms with van der Waals surface area (Å²) in [6.07, 6.45) is 2.90. The van der Waals surface area contributed by atoms with Gasteiger partial charge in [-0.2, -0.15) is 5.10 Å². The van der Waals surface area contributed by atoms with Gasteiger partial charge in [-0.3, -0.25) is 5.10 Å². The normalized spacial score (nSPS) is 22.3. The summed E-state index contributed by atoms with van der Waals surface area (Å²) in [5, 5.41) is 6.48. The summed E-state index contributed by atoms with van der Waals surface area (Å²) in [6.45, 7) is 0. The van der Waals surface area contributed by atoms with E-state index in [9.17, 15) is 8.42 Å². The van der Waals surface area contributed by atoms with Gasteiger partial charge in [-0.25, -0.2) is 8.42 Å². The Kier molecular flexibility index (Phi) is 2.44. The van der Waals surface area contributed by atoms with Crippen molar-refractivity contribution in [3.8, 4) is 0 Å². The van der Waals surface area contributed by atoms with Crippen molar-refractivity contribution in [3.05, 3.63) is 11.1 Å². The molecule has 0 radical (unpaired) electrons. The summed E-state index contributed by atoms with van der Waals surface area (Å²) < 4.78 is 24.8. The predicted octanol–water partition coefficient (Wildman–Crippen LogP) is 0.690. The minimum Gasteiger partial charge on any atom is -0.304 e. The van der Waals surface area contributed by atoms with E-state index in [4.69, 9.17) is 12.2 Å². The molecule has 78 valence electrons. The Morgan fingerprint density at radius 2 is 2.14 bits per heavy atom. The zero-order valence-corrected chi connectivity index (χ0v) is 9.14. The molecule has 1 aliphatic heterocycles. The summed E-state index contributed by atoms with van der Waals surface area (Å²) in [5.41, 5.74) is 0. The van der Waals surface area contributed by atoms with Crippen LogP contribution in [0.1, 0.15) is 18.9 Å². The molecule has 2 heterocycles. The van der Waals surface area contributed by atoms with Crippen LogP contribution in [0.15, 0.2) is 6.33 Å². The van der Waals surface area contributed by atoms with Gasteiger partial charge in [-0.1, -0.05) is 0 Å². The highest BCUT2D eigenvalue weighted by molar-refractivity contribution is 7.91. The molecule has 0 unspecified atom stereocenters. The van der Waals surface area contributed by atoms with E-state index in [0.717, 1.165) is 0 Å². The first-order chi connectivity index (χ1) is 6.58. The molecule has 7 heteroatoms. The molecule has 0 aliphatic carbocycles. The third-order valence-corrected chi connectivity index (χ3v) is 4.51. The van der Waals surface area contributed by atoms with Crippen molar-refractivity contribution >= 4 is 22.1 Å². The Balaban J connectivity index is 2.18. The van der Waals surface area contributed by atoms with Crippen molar-refractivity contribution < 1.29 is 8.42 Å². The Labute approximate surface area is 87.1 Å². The average molecular weight is 233 g/mol. The molecule has 1 N–H and O–H groups in total. The molecule has 1 aromatic heterocycles. The molecule has 1 aliphatic rings. The monoisotopic (exact) mass is 233 g/mol. The molecule has 0 spiro atoms. The zero-order valence-electron chi connectivity index (χ0n) is 7.51. The lowest BCUT2D eigenvalue weighted by atomic mass is 10.1. The fraction of sp³-hybridized carbons (Fsp3) is 0.714. The number of aromatic nitrogens is 3. The van der Waals surface area contributed by atoms with Crippen molar-refractivity contribution in [3.63, 3.8) is 0 Å². The summed E-state index contributed by atoms with van der Waals surface area (Å²) in [4.78, 5) is 0. The molecule has 0 saturated carbocycles. The van der Waals surface area contributed by atoms with Crippen molar-refractivity contribution in [1.82, 2.24) is 14.8 Å². The number of nitrogens with one attached hydrogen (secondary N) is 1. The molecule has 1 fully saturated rings. The van der Waals surface area contributed by atoms with E-state index >= 15 is 0 Å². The Hall–Kier alpha value is -0.690. The second-order valence-electron chi connectivity index (χ2n) is 3.45. The topological polar surface area (TPSA) is 67.8 Å². The number of nitrogens with zero attached hydrogens (tertiary/aromatic N) is 2. The zero-order chi connectivity index (χ0) is 10.2. The van der Waals surface area contributed by atoms with Crippen LogP contribution in [0.3, 0.4) is 0 Å². The van der Waals surface area contributed by atoms with Gasteiger partial charge in [0.15, 0.2) is 4.77 Å². The number of rotatable bonds is 1. The number of sulfone groups is 1. The van der Waals surface area contributed by atoms with Gasteiger partial charge in [0.05, 0.1) is 11.5 Å². The van der Waals surface area contributed by atoms with Crippen molar-refractivity contribution in [1.29, 1.82) is 0 Å². The van der Waals surface area contributed by atoms with Gasteiger partial charge in [0, 0.05) is 6.04 Å². The van der Waals surface area contributed by atoms with E-state index in [0.29, 0.717) is 17.6 Å². The van der Waals surface area contributed by atoms with Gasteiger partial charge in [-0.05, 0) is 25.1 Å². The molecule has 2 rings (SSSR count). The van der Waals surface area contributed by atoms with Crippen LogP contribution in [0.4, 0.5) is 0 Å². The average Bonchev–Trinajstić information content (AvgIpc) is 2.52. The fourth-order valence-electron chi connectivity index (χ4n) is 1.67.